The van der Waals surface area contributed by atoms with Crippen molar-refractivity contribution in [1.29, 1.82) is 0 Å². The Hall–Kier alpha value is -3.60. The lowest BCUT2D eigenvalue weighted by Crippen LogP contribution is -2.24. The molecule has 0 fully saturated rings. The number of ether oxygens (including phenoxy) is 2. The molecule has 3 aromatic rings. The number of benzene rings is 2. The fraction of sp³-hybridized carbons (Fsp3) is 0.167. The number of hydrogen-bond acceptors (Lipinski definition) is 4. The number of carbonyl (C=O) groups excluding carboxylic acids is 1. The molecule has 1 unspecified atom stereocenters. The second-order valence-corrected chi connectivity index (χ2v) is 6.52. The largest absolute Gasteiger partial charge is 0.496 e. The van der Waals surface area contributed by atoms with Gasteiger partial charge in [-0.3, -0.25) is 9.78 Å². The van der Waals surface area contributed by atoms with Crippen molar-refractivity contribution < 1.29 is 14.3 Å². The zero-order valence-electron chi connectivity index (χ0n) is 16.5. The van der Waals surface area contributed by atoms with Crippen LogP contribution in [0.2, 0.25) is 0 Å². The maximum atomic E-state index is 12.3. The first-order valence-corrected chi connectivity index (χ1v) is 9.39. The third-order valence-electron chi connectivity index (χ3n) is 4.42. The predicted molar refractivity (Wildman–Crippen MR) is 114 cm³/mol. The predicted octanol–water partition coefficient (Wildman–Crippen LogP) is 4.56. The Morgan fingerprint density at radius 3 is 2.62 bits per heavy atom. The summed E-state index contributed by atoms with van der Waals surface area (Å²) in [7, 11) is 1.61. The number of amides is 1. The van der Waals surface area contributed by atoms with Crippen molar-refractivity contribution in [3.05, 3.63) is 95.8 Å². The second-order valence-electron chi connectivity index (χ2n) is 6.52. The highest BCUT2D eigenvalue weighted by Crippen LogP contribution is 2.20. The van der Waals surface area contributed by atoms with Crippen molar-refractivity contribution in [3.63, 3.8) is 0 Å². The molecule has 0 spiro atoms. The monoisotopic (exact) mass is 388 g/mol. The molecule has 5 heteroatoms. The van der Waals surface area contributed by atoms with Crippen LogP contribution in [-0.4, -0.2) is 18.0 Å². The number of rotatable bonds is 8. The third kappa shape index (κ3) is 5.94. The zero-order chi connectivity index (χ0) is 20.5. The van der Waals surface area contributed by atoms with Gasteiger partial charge in [0.25, 0.3) is 0 Å². The second kappa shape index (κ2) is 10.1. The Kier molecular flexibility index (Phi) is 7.00. The van der Waals surface area contributed by atoms with Crippen LogP contribution in [-0.2, 0) is 11.4 Å². The van der Waals surface area contributed by atoms with E-state index in [2.05, 4.69) is 10.3 Å². The van der Waals surface area contributed by atoms with Gasteiger partial charge in [-0.1, -0.05) is 36.4 Å². The highest BCUT2D eigenvalue weighted by molar-refractivity contribution is 5.92. The van der Waals surface area contributed by atoms with Gasteiger partial charge in [0.2, 0.25) is 5.91 Å². The van der Waals surface area contributed by atoms with Crippen LogP contribution in [0.4, 0.5) is 0 Å². The summed E-state index contributed by atoms with van der Waals surface area (Å²) in [5.74, 6) is 1.33. The summed E-state index contributed by atoms with van der Waals surface area (Å²) in [5.41, 5.74) is 2.87. The molecule has 29 heavy (non-hydrogen) atoms. The van der Waals surface area contributed by atoms with Crippen LogP contribution in [0.5, 0.6) is 11.5 Å². The van der Waals surface area contributed by atoms with Crippen LogP contribution < -0.4 is 14.8 Å². The van der Waals surface area contributed by atoms with Gasteiger partial charge in [-0.05, 0) is 42.8 Å². The van der Waals surface area contributed by atoms with Crippen LogP contribution in [0.25, 0.3) is 6.08 Å². The Morgan fingerprint density at radius 1 is 1.10 bits per heavy atom. The highest BCUT2D eigenvalue weighted by Gasteiger charge is 2.08. The normalized spacial score (nSPS) is 11.8. The fourth-order valence-corrected chi connectivity index (χ4v) is 2.82. The van der Waals surface area contributed by atoms with Crippen molar-refractivity contribution >= 4 is 12.0 Å². The van der Waals surface area contributed by atoms with Crippen LogP contribution in [0.1, 0.15) is 29.7 Å². The van der Waals surface area contributed by atoms with Gasteiger partial charge in [0.15, 0.2) is 0 Å². The smallest absolute Gasteiger partial charge is 0.244 e. The number of carbonyl (C=O) groups is 1. The molecule has 0 aliphatic heterocycles. The molecule has 0 bridgehead atoms. The van der Waals surface area contributed by atoms with Gasteiger partial charge < -0.3 is 14.8 Å². The van der Waals surface area contributed by atoms with Crippen molar-refractivity contribution in [2.75, 3.05) is 7.11 Å². The van der Waals surface area contributed by atoms with E-state index in [0.29, 0.717) is 6.61 Å². The molecular formula is C24H24N2O3. The van der Waals surface area contributed by atoms with E-state index < -0.39 is 0 Å². The van der Waals surface area contributed by atoms with E-state index >= 15 is 0 Å². The molecule has 0 radical (unpaired) electrons. The SMILES string of the molecule is COc1ccccc1/C=C/C(=O)NC(C)c1ccc(OCc2cccnc2)cc1. The number of hydrogen-bond donors (Lipinski definition) is 1. The molecule has 0 aliphatic rings. The van der Waals surface area contributed by atoms with Gasteiger partial charge >= 0.3 is 0 Å². The number of nitrogens with zero attached hydrogens (tertiary/aromatic N) is 1. The van der Waals surface area contributed by atoms with E-state index in [1.165, 1.54) is 6.08 Å². The van der Waals surface area contributed by atoms with E-state index in [-0.39, 0.29) is 11.9 Å². The van der Waals surface area contributed by atoms with E-state index in [4.69, 9.17) is 9.47 Å². The van der Waals surface area contributed by atoms with E-state index in [1.807, 2.05) is 67.6 Å². The Bertz CT molecular complexity index is 953. The van der Waals surface area contributed by atoms with Gasteiger partial charge in [0.1, 0.15) is 18.1 Å². The van der Waals surface area contributed by atoms with E-state index in [0.717, 1.165) is 28.2 Å². The minimum Gasteiger partial charge on any atom is -0.496 e. The first-order valence-electron chi connectivity index (χ1n) is 9.39. The van der Waals surface area contributed by atoms with E-state index in [9.17, 15) is 4.79 Å². The van der Waals surface area contributed by atoms with Crippen molar-refractivity contribution in [2.24, 2.45) is 0 Å². The van der Waals surface area contributed by atoms with Crippen LogP contribution in [0.15, 0.2) is 79.1 Å². The topological polar surface area (TPSA) is 60.5 Å². The van der Waals surface area contributed by atoms with Crippen molar-refractivity contribution in [1.82, 2.24) is 10.3 Å². The first kappa shape index (κ1) is 20.1. The van der Waals surface area contributed by atoms with Crippen LogP contribution >= 0.6 is 0 Å². The molecule has 0 saturated heterocycles. The minimum atomic E-state index is -0.166. The molecule has 1 aromatic heterocycles. The lowest BCUT2D eigenvalue weighted by Gasteiger charge is -2.14. The maximum Gasteiger partial charge on any atom is 0.244 e. The Labute approximate surface area is 171 Å². The van der Waals surface area contributed by atoms with Gasteiger partial charge in [0.05, 0.1) is 13.2 Å². The highest BCUT2D eigenvalue weighted by atomic mass is 16.5. The Balaban J connectivity index is 1.54. The molecule has 1 amide bonds. The lowest BCUT2D eigenvalue weighted by atomic mass is 10.1. The van der Waals surface area contributed by atoms with Crippen LogP contribution in [0, 0.1) is 0 Å². The number of pyridine rings is 1. The summed E-state index contributed by atoms with van der Waals surface area (Å²) in [6, 6.07) is 19.0. The number of aromatic nitrogens is 1. The summed E-state index contributed by atoms with van der Waals surface area (Å²) >= 11 is 0. The lowest BCUT2D eigenvalue weighted by molar-refractivity contribution is -0.117. The quantitative estimate of drug-likeness (QED) is 0.575. The fourth-order valence-electron chi connectivity index (χ4n) is 2.82. The minimum absolute atomic E-state index is 0.128. The standard InChI is InChI=1S/C24H24N2O3/c1-18(26-24(27)14-11-21-7-3-4-8-23(21)28-2)20-9-12-22(13-10-20)29-17-19-6-5-15-25-16-19/h3-16,18H,17H2,1-2H3,(H,26,27)/b14-11+. The number of nitrogens with one attached hydrogen (secondary N) is 1. The maximum absolute atomic E-state index is 12.3. The third-order valence-corrected chi connectivity index (χ3v) is 4.42. The van der Waals surface area contributed by atoms with Gasteiger partial charge in [-0.25, -0.2) is 0 Å². The molecule has 3 rings (SSSR count). The number of para-hydroxylation sites is 1. The molecular weight excluding hydrogens is 364 g/mol. The van der Waals surface area contributed by atoms with Gasteiger partial charge in [-0.2, -0.15) is 0 Å². The molecule has 0 saturated carbocycles. The molecule has 1 atom stereocenters. The average molecular weight is 388 g/mol. The summed E-state index contributed by atoms with van der Waals surface area (Å²) in [4.78, 5) is 16.3. The van der Waals surface area contributed by atoms with Crippen LogP contribution in [0.3, 0.4) is 0 Å². The summed E-state index contributed by atoms with van der Waals surface area (Å²) in [5, 5.41) is 2.97. The first-order chi connectivity index (χ1) is 14.2. The molecule has 0 aliphatic carbocycles. The summed E-state index contributed by atoms with van der Waals surface area (Å²) in [6.07, 6.45) is 6.78. The summed E-state index contributed by atoms with van der Waals surface area (Å²) < 4.78 is 11.1. The average Bonchev–Trinajstić information content (AvgIpc) is 2.77. The van der Waals surface area contributed by atoms with E-state index in [1.54, 1.807) is 25.6 Å². The number of methoxy groups -OCH3 is 1. The molecule has 1 heterocycles. The van der Waals surface area contributed by atoms with Crippen molar-refractivity contribution in [2.45, 2.75) is 19.6 Å². The van der Waals surface area contributed by atoms with Gasteiger partial charge in [0, 0.05) is 29.6 Å². The van der Waals surface area contributed by atoms with Gasteiger partial charge in [-0.15, -0.1) is 0 Å². The molecule has 2 aromatic carbocycles. The Morgan fingerprint density at radius 2 is 1.90 bits per heavy atom. The zero-order valence-corrected chi connectivity index (χ0v) is 16.5. The molecule has 5 nitrogen and oxygen atoms in total. The summed E-state index contributed by atoms with van der Waals surface area (Å²) in [6.45, 7) is 2.41. The molecule has 1 N–H and O–H groups in total. The molecule has 148 valence electrons. The van der Waals surface area contributed by atoms with Crippen molar-refractivity contribution in [3.8, 4) is 11.5 Å².